The van der Waals surface area contributed by atoms with Gasteiger partial charge in [0.05, 0.1) is 30.8 Å². The minimum absolute atomic E-state index is 0.114. The number of carbonyl (C=O) groups excluding carboxylic acids is 1. The van der Waals surface area contributed by atoms with Crippen LogP contribution in [0.5, 0.6) is 0 Å². The zero-order valence-corrected chi connectivity index (χ0v) is 17.8. The Kier molecular flexibility index (Phi) is 5.42. The lowest BCUT2D eigenvalue weighted by Gasteiger charge is -2.42. The Hall–Kier alpha value is -2.28. The van der Waals surface area contributed by atoms with Gasteiger partial charge in [-0.2, -0.15) is 0 Å². The van der Waals surface area contributed by atoms with E-state index < -0.39 is 11.5 Å². The smallest absolute Gasteiger partial charge is 0.339 e. The summed E-state index contributed by atoms with van der Waals surface area (Å²) in [4.78, 5) is 28.8. The summed E-state index contributed by atoms with van der Waals surface area (Å²) >= 11 is 1.53. The summed E-state index contributed by atoms with van der Waals surface area (Å²) in [7, 11) is 0. The number of rotatable bonds is 4. The molecule has 0 spiro atoms. The lowest BCUT2D eigenvalue weighted by atomic mass is 9.86. The molecule has 2 aromatic carbocycles. The van der Waals surface area contributed by atoms with Crippen molar-refractivity contribution in [1.82, 2.24) is 4.90 Å². The molecule has 0 amide bonds. The SMILES string of the molecule is CCOC(=O)c1c(C(C)(C)N2CCOCC2)ccc2sc3ccccc3c(=O)c12. The van der Waals surface area contributed by atoms with E-state index in [-0.39, 0.29) is 12.0 Å². The van der Waals surface area contributed by atoms with E-state index in [1.54, 1.807) is 6.92 Å². The minimum atomic E-state index is -0.442. The van der Waals surface area contributed by atoms with Gasteiger partial charge < -0.3 is 9.47 Å². The van der Waals surface area contributed by atoms with Crippen molar-refractivity contribution in [2.24, 2.45) is 0 Å². The maximum Gasteiger partial charge on any atom is 0.339 e. The van der Waals surface area contributed by atoms with Crippen LogP contribution in [-0.2, 0) is 15.0 Å². The maximum atomic E-state index is 13.4. The number of benzene rings is 2. The molecule has 0 saturated carbocycles. The number of nitrogens with zero attached hydrogens (tertiary/aromatic N) is 1. The Balaban J connectivity index is 2.03. The molecule has 152 valence electrons. The van der Waals surface area contributed by atoms with E-state index in [9.17, 15) is 9.59 Å². The molecule has 0 unspecified atom stereocenters. The molecule has 6 heteroatoms. The van der Waals surface area contributed by atoms with Gasteiger partial charge in [0.2, 0.25) is 0 Å². The molecule has 0 aliphatic carbocycles. The van der Waals surface area contributed by atoms with Crippen molar-refractivity contribution in [2.45, 2.75) is 26.3 Å². The first kappa shape index (κ1) is 20.0. The van der Waals surface area contributed by atoms with Crippen LogP contribution in [-0.4, -0.2) is 43.8 Å². The summed E-state index contributed by atoms with van der Waals surface area (Å²) in [5.74, 6) is -0.436. The average molecular weight is 412 g/mol. The largest absolute Gasteiger partial charge is 0.462 e. The molecule has 0 N–H and O–H groups in total. The molecule has 0 radical (unpaired) electrons. The average Bonchev–Trinajstić information content (AvgIpc) is 2.74. The van der Waals surface area contributed by atoms with E-state index in [1.165, 1.54) is 11.3 Å². The van der Waals surface area contributed by atoms with Gasteiger partial charge in [-0.1, -0.05) is 18.2 Å². The molecular weight excluding hydrogens is 386 g/mol. The summed E-state index contributed by atoms with van der Waals surface area (Å²) in [5.41, 5.74) is 0.665. The third-order valence-electron chi connectivity index (χ3n) is 5.69. The third-order valence-corrected chi connectivity index (χ3v) is 6.82. The molecule has 1 aliphatic heterocycles. The molecule has 5 nitrogen and oxygen atoms in total. The maximum absolute atomic E-state index is 13.4. The van der Waals surface area contributed by atoms with Crippen molar-refractivity contribution in [2.75, 3.05) is 32.9 Å². The van der Waals surface area contributed by atoms with E-state index in [0.717, 1.165) is 28.1 Å². The second-order valence-corrected chi connectivity index (χ2v) is 8.75. The third kappa shape index (κ3) is 3.45. The highest BCUT2D eigenvalue weighted by molar-refractivity contribution is 7.24. The Morgan fingerprint density at radius 1 is 1.14 bits per heavy atom. The highest BCUT2D eigenvalue weighted by Gasteiger charge is 2.35. The van der Waals surface area contributed by atoms with Crippen LogP contribution in [0.4, 0.5) is 0 Å². The molecule has 29 heavy (non-hydrogen) atoms. The number of carbonyl (C=O) groups is 1. The van der Waals surface area contributed by atoms with Crippen LogP contribution in [0.1, 0.15) is 36.7 Å². The first-order valence-corrected chi connectivity index (χ1v) is 10.8. The lowest BCUT2D eigenvalue weighted by molar-refractivity contribution is -0.0122. The van der Waals surface area contributed by atoms with Gasteiger partial charge in [-0.3, -0.25) is 9.69 Å². The van der Waals surface area contributed by atoms with Crippen LogP contribution in [0, 0.1) is 0 Å². The minimum Gasteiger partial charge on any atom is -0.462 e. The van der Waals surface area contributed by atoms with Crippen molar-refractivity contribution in [3.8, 4) is 0 Å². The van der Waals surface area contributed by atoms with E-state index in [0.29, 0.717) is 29.5 Å². The Morgan fingerprint density at radius 2 is 1.86 bits per heavy atom. The Labute approximate surface area is 173 Å². The van der Waals surface area contributed by atoms with Gasteiger partial charge in [-0.05, 0) is 44.5 Å². The van der Waals surface area contributed by atoms with Crippen LogP contribution in [0.25, 0.3) is 20.2 Å². The zero-order chi connectivity index (χ0) is 20.6. The fourth-order valence-electron chi connectivity index (χ4n) is 4.11. The van der Waals surface area contributed by atoms with Gasteiger partial charge in [-0.25, -0.2) is 4.79 Å². The number of hydrogen-bond donors (Lipinski definition) is 0. The summed E-state index contributed by atoms with van der Waals surface area (Å²) in [6, 6.07) is 11.5. The molecule has 1 aromatic heterocycles. The second-order valence-electron chi connectivity index (χ2n) is 7.67. The molecule has 1 fully saturated rings. The number of ether oxygens (including phenoxy) is 2. The molecule has 3 aromatic rings. The normalized spacial score (nSPS) is 15.7. The molecular formula is C23H25NO4S. The molecule has 1 saturated heterocycles. The van der Waals surface area contributed by atoms with Crippen molar-refractivity contribution in [3.63, 3.8) is 0 Å². The molecule has 0 bridgehead atoms. The summed E-state index contributed by atoms with van der Waals surface area (Å²) in [6.45, 7) is 9.10. The van der Waals surface area contributed by atoms with Crippen LogP contribution in [0.15, 0.2) is 41.2 Å². The predicted octanol–water partition coefficient (Wildman–Crippen LogP) is 4.16. The van der Waals surface area contributed by atoms with E-state index >= 15 is 0 Å². The van der Waals surface area contributed by atoms with E-state index in [4.69, 9.17) is 9.47 Å². The van der Waals surface area contributed by atoms with E-state index in [2.05, 4.69) is 18.7 Å². The highest BCUT2D eigenvalue weighted by atomic mass is 32.1. The number of morpholine rings is 1. The van der Waals surface area contributed by atoms with Gasteiger partial charge in [0.15, 0.2) is 5.43 Å². The van der Waals surface area contributed by atoms with Crippen molar-refractivity contribution in [1.29, 1.82) is 0 Å². The van der Waals surface area contributed by atoms with E-state index in [1.807, 2.05) is 36.4 Å². The Bertz CT molecular complexity index is 1130. The summed E-state index contributed by atoms with van der Waals surface area (Å²) < 4.78 is 12.6. The standard InChI is InChI=1S/C23H25NO4S/c1-4-28-22(26)19-16(23(2,3)24-11-13-27-14-12-24)9-10-18-20(19)21(25)15-7-5-6-8-17(15)29-18/h5-10H,4,11-14H2,1-3H3. The zero-order valence-electron chi connectivity index (χ0n) is 17.0. The Morgan fingerprint density at radius 3 is 2.59 bits per heavy atom. The molecule has 0 atom stereocenters. The van der Waals surface area contributed by atoms with Gasteiger partial charge in [0.1, 0.15) is 0 Å². The number of esters is 1. The van der Waals surface area contributed by atoms with Crippen LogP contribution in [0.2, 0.25) is 0 Å². The number of fused-ring (bicyclic) bond motifs is 2. The van der Waals surface area contributed by atoms with Crippen molar-refractivity contribution < 1.29 is 14.3 Å². The molecule has 1 aliphatic rings. The number of hydrogen-bond acceptors (Lipinski definition) is 6. The molecule has 2 heterocycles. The van der Waals surface area contributed by atoms with Gasteiger partial charge >= 0.3 is 5.97 Å². The van der Waals surface area contributed by atoms with Crippen LogP contribution < -0.4 is 5.43 Å². The van der Waals surface area contributed by atoms with Gasteiger partial charge in [0, 0.05) is 33.4 Å². The first-order valence-electron chi connectivity index (χ1n) is 9.94. The lowest BCUT2D eigenvalue weighted by Crippen LogP contribution is -2.48. The predicted molar refractivity (Wildman–Crippen MR) is 117 cm³/mol. The van der Waals surface area contributed by atoms with Crippen LogP contribution in [0.3, 0.4) is 0 Å². The van der Waals surface area contributed by atoms with Crippen molar-refractivity contribution in [3.05, 3.63) is 57.7 Å². The first-order chi connectivity index (χ1) is 13.9. The second kappa shape index (κ2) is 7.86. The van der Waals surface area contributed by atoms with Gasteiger partial charge in [-0.15, -0.1) is 11.3 Å². The van der Waals surface area contributed by atoms with Gasteiger partial charge in [0.25, 0.3) is 0 Å². The monoisotopic (exact) mass is 411 g/mol. The summed E-state index contributed by atoms with van der Waals surface area (Å²) in [6.07, 6.45) is 0. The van der Waals surface area contributed by atoms with Crippen molar-refractivity contribution >= 4 is 37.5 Å². The fourth-order valence-corrected chi connectivity index (χ4v) is 5.20. The fraction of sp³-hybridized carbons (Fsp3) is 0.391. The topological polar surface area (TPSA) is 55.8 Å². The summed E-state index contributed by atoms with van der Waals surface area (Å²) in [5, 5.41) is 1.10. The quantitative estimate of drug-likeness (QED) is 0.477. The molecule has 4 rings (SSSR count). The van der Waals surface area contributed by atoms with Crippen LogP contribution >= 0.6 is 11.3 Å². The highest BCUT2D eigenvalue weighted by Crippen LogP contribution is 2.36.